The Kier molecular flexibility index (Phi) is 3.75. The molecule has 0 saturated carbocycles. The first kappa shape index (κ1) is 11.6. The lowest BCUT2D eigenvalue weighted by atomic mass is 10.0. The Bertz CT molecular complexity index is 435. The van der Waals surface area contributed by atoms with Crippen molar-refractivity contribution in [3.63, 3.8) is 0 Å². The predicted molar refractivity (Wildman–Crippen MR) is 59.1 cm³/mol. The van der Waals surface area contributed by atoms with Gasteiger partial charge in [0.25, 0.3) is 0 Å². The monoisotopic (exact) mass is 221 g/mol. The van der Waals surface area contributed by atoms with Crippen LogP contribution in [0.1, 0.15) is 28.4 Å². The number of esters is 1. The zero-order chi connectivity index (χ0) is 11.4. The standard InChI is InChI=1S/C11H11NO2S/c1-3-7-5-10(15)9(11(13)14-2)4-8(7)6-12/h4-5,15H,3H2,1-2H3. The van der Waals surface area contributed by atoms with E-state index in [9.17, 15) is 4.79 Å². The highest BCUT2D eigenvalue weighted by Crippen LogP contribution is 2.21. The molecular formula is C11H11NO2S. The van der Waals surface area contributed by atoms with E-state index in [4.69, 9.17) is 5.26 Å². The molecule has 0 N–H and O–H groups in total. The minimum Gasteiger partial charge on any atom is -0.465 e. The van der Waals surface area contributed by atoms with E-state index in [0.29, 0.717) is 16.0 Å². The van der Waals surface area contributed by atoms with Gasteiger partial charge in [0.05, 0.1) is 24.3 Å². The summed E-state index contributed by atoms with van der Waals surface area (Å²) in [5.41, 5.74) is 1.71. The fraction of sp³-hybridized carbons (Fsp3) is 0.273. The fourth-order valence-corrected chi connectivity index (χ4v) is 1.61. The van der Waals surface area contributed by atoms with E-state index in [2.05, 4.69) is 23.4 Å². The van der Waals surface area contributed by atoms with Gasteiger partial charge in [-0.3, -0.25) is 0 Å². The molecule has 0 atom stereocenters. The SMILES string of the molecule is CCc1cc(S)c(C(=O)OC)cc1C#N. The molecule has 0 radical (unpaired) electrons. The van der Waals surface area contributed by atoms with Crippen molar-refractivity contribution in [2.24, 2.45) is 0 Å². The fourth-order valence-electron chi connectivity index (χ4n) is 1.30. The molecule has 0 aliphatic carbocycles. The molecule has 0 saturated heterocycles. The van der Waals surface area contributed by atoms with Gasteiger partial charge in [0.1, 0.15) is 0 Å². The first-order valence-electron chi connectivity index (χ1n) is 4.48. The molecule has 0 aromatic heterocycles. The van der Waals surface area contributed by atoms with Gasteiger partial charge in [-0.1, -0.05) is 6.92 Å². The van der Waals surface area contributed by atoms with Gasteiger partial charge in [0.2, 0.25) is 0 Å². The molecule has 1 aromatic carbocycles. The Labute approximate surface area is 94.1 Å². The molecule has 0 aliphatic heterocycles. The molecular weight excluding hydrogens is 210 g/mol. The molecule has 0 spiro atoms. The van der Waals surface area contributed by atoms with Crippen molar-refractivity contribution in [3.8, 4) is 6.07 Å². The van der Waals surface area contributed by atoms with Crippen molar-refractivity contribution < 1.29 is 9.53 Å². The Morgan fingerprint density at radius 3 is 2.73 bits per heavy atom. The van der Waals surface area contributed by atoms with Crippen molar-refractivity contribution in [3.05, 3.63) is 28.8 Å². The van der Waals surface area contributed by atoms with Crippen LogP contribution in [0.25, 0.3) is 0 Å². The normalized spacial score (nSPS) is 9.47. The van der Waals surface area contributed by atoms with Gasteiger partial charge in [0, 0.05) is 4.90 Å². The van der Waals surface area contributed by atoms with E-state index in [0.717, 1.165) is 12.0 Å². The van der Waals surface area contributed by atoms with Crippen LogP contribution in [0.4, 0.5) is 0 Å². The van der Waals surface area contributed by atoms with Crippen LogP contribution in [0.3, 0.4) is 0 Å². The molecule has 0 unspecified atom stereocenters. The topological polar surface area (TPSA) is 50.1 Å². The summed E-state index contributed by atoms with van der Waals surface area (Å²) in [5, 5.41) is 8.89. The Morgan fingerprint density at radius 1 is 1.60 bits per heavy atom. The lowest BCUT2D eigenvalue weighted by molar-refractivity contribution is 0.0597. The molecule has 1 rings (SSSR count). The number of methoxy groups -OCH3 is 1. The molecule has 0 aliphatic rings. The Morgan fingerprint density at radius 2 is 2.27 bits per heavy atom. The first-order chi connectivity index (χ1) is 7.13. The number of hydrogen-bond acceptors (Lipinski definition) is 4. The average molecular weight is 221 g/mol. The van der Waals surface area contributed by atoms with Gasteiger partial charge >= 0.3 is 5.97 Å². The molecule has 0 bridgehead atoms. The summed E-state index contributed by atoms with van der Waals surface area (Å²) < 4.78 is 4.59. The smallest absolute Gasteiger partial charge is 0.339 e. The largest absolute Gasteiger partial charge is 0.465 e. The highest BCUT2D eigenvalue weighted by Gasteiger charge is 2.13. The van der Waals surface area contributed by atoms with E-state index in [-0.39, 0.29) is 0 Å². The zero-order valence-corrected chi connectivity index (χ0v) is 9.47. The van der Waals surface area contributed by atoms with Gasteiger partial charge in [0.15, 0.2) is 0 Å². The van der Waals surface area contributed by atoms with E-state index in [1.54, 1.807) is 6.07 Å². The van der Waals surface area contributed by atoms with Crippen molar-refractivity contribution in [2.75, 3.05) is 7.11 Å². The van der Waals surface area contributed by atoms with Crippen LogP contribution < -0.4 is 0 Å². The number of thiol groups is 1. The van der Waals surface area contributed by atoms with Gasteiger partial charge in [-0.15, -0.1) is 12.6 Å². The number of nitrogens with zero attached hydrogens (tertiary/aromatic N) is 1. The summed E-state index contributed by atoms with van der Waals surface area (Å²) in [5.74, 6) is -0.473. The molecule has 15 heavy (non-hydrogen) atoms. The second-order valence-electron chi connectivity index (χ2n) is 2.98. The second kappa shape index (κ2) is 4.85. The third-order valence-corrected chi connectivity index (χ3v) is 2.50. The lowest BCUT2D eigenvalue weighted by Crippen LogP contribution is -2.04. The molecule has 3 nitrogen and oxygen atoms in total. The average Bonchev–Trinajstić information content (AvgIpc) is 2.27. The molecule has 0 amide bonds. The number of ether oxygens (including phenoxy) is 1. The maximum atomic E-state index is 11.3. The van der Waals surface area contributed by atoms with Crippen LogP contribution in [-0.4, -0.2) is 13.1 Å². The third kappa shape index (κ3) is 2.31. The van der Waals surface area contributed by atoms with Gasteiger partial charge in [-0.05, 0) is 24.1 Å². The molecule has 0 heterocycles. The maximum absolute atomic E-state index is 11.3. The van der Waals surface area contributed by atoms with Crippen LogP contribution in [0.15, 0.2) is 17.0 Å². The maximum Gasteiger partial charge on any atom is 0.339 e. The van der Waals surface area contributed by atoms with Crippen molar-refractivity contribution >= 4 is 18.6 Å². The summed E-state index contributed by atoms with van der Waals surface area (Å²) in [6, 6.07) is 5.30. The Balaban J connectivity index is 3.33. The van der Waals surface area contributed by atoms with Crippen molar-refractivity contribution in [1.82, 2.24) is 0 Å². The second-order valence-corrected chi connectivity index (χ2v) is 3.47. The van der Waals surface area contributed by atoms with Gasteiger partial charge < -0.3 is 4.74 Å². The molecule has 78 valence electrons. The summed E-state index contributed by atoms with van der Waals surface area (Å²) in [6.07, 6.45) is 0.734. The number of carbonyl (C=O) groups is 1. The van der Waals surface area contributed by atoms with Crippen molar-refractivity contribution in [1.29, 1.82) is 5.26 Å². The van der Waals surface area contributed by atoms with Crippen LogP contribution >= 0.6 is 12.6 Å². The first-order valence-corrected chi connectivity index (χ1v) is 4.93. The highest BCUT2D eigenvalue weighted by atomic mass is 32.1. The number of nitriles is 1. The third-order valence-electron chi connectivity index (χ3n) is 2.13. The highest BCUT2D eigenvalue weighted by molar-refractivity contribution is 7.80. The van der Waals surface area contributed by atoms with E-state index in [1.807, 2.05) is 6.92 Å². The van der Waals surface area contributed by atoms with E-state index in [1.165, 1.54) is 13.2 Å². The van der Waals surface area contributed by atoms with Crippen LogP contribution in [-0.2, 0) is 11.2 Å². The summed E-state index contributed by atoms with van der Waals surface area (Å²) in [4.78, 5) is 11.9. The van der Waals surface area contributed by atoms with Gasteiger partial charge in [-0.2, -0.15) is 5.26 Å². The predicted octanol–water partition coefficient (Wildman–Crippen LogP) is 2.20. The molecule has 1 aromatic rings. The number of rotatable bonds is 2. The number of carbonyl (C=O) groups excluding carboxylic acids is 1. The zero-order valence-electron chi connectivity index (χ0n) is 8.57. The quantitative estimate of drug-likeness (QED) is 0.615. The van der Waals surface area contributed by atoms with Crippen molar-refractivity contribution in [2.45, 2.75) is 18.2 Å². The summed E-state index contributed by atoms with van der Waals surface area (Å²) in [6.45, 7) is 1.95. The van der Waals surface area contributed by atoms with Gasteiger partial charge in [-0.25, -0.2) is 4.79 Å². The molecule has 0 fully saturated rings. The van der Waals surface area contributed by atoms with E-state index >= 15 is 0 Å². The number of benzene rings is 1. The Hall–Kier alpha value is -1.47. The number of aryl methyl sites for hydroxylation is 1. The van der Waals surface area contributed by atoms with Crippen LogP contribution in [0, 0.1) is 11.3 Å². The van der Waals surface area contributed by atoms with E-state index < -0.39 is 5.97 Å². The summed E-state index contributed by atoms with van der Waals surface area (Å²) in [7, 11) is 1.30. The number of hydrogen-bond donors (Lipinski definition) is 1. The summed E-state index contributed by atoms with van der Waals surface area (Å²) >= 11 is 4.19. The molecule has 4 heteroatoms. The minimum absolute atomic E-state index is 0.328. The lowest BCUT2D eigenvalue weighted by Gasteiger charge is -2.07. The van der Waals surface area contributed by atoms with Crippen LogP contribution in [0.5, 0.6) is 0 Å². The minimum atomic E-state index is -0.473. The van der Waals surface area contributed by atoms with Crippen LogP contribution in [0.2, 0.25) is 0 Å².